The quantitative estimate of drug-likeness (QED) is 0.425. The van der Waals surface area contributed by atoms with Crippen LogP contribution in [0, 0.1) is 0 Å². The van der Waals surface area contributed by atoms with E-state index >= 15 is 0 Å². The number of pyridine rings is 1. The van der Waals surface area contributed by atoms with Crippen molar-refractivity contribution in [2.45, 2.75) is 13.1 Å². The predicted octanol–water partition coefficient (Wildman–Crippen LogP) is 5.86. The van der Waals surface area contributed by atoms with Crippen molar-refractivity contribution in [3.8, 4) is 11.3 Å². The van der Waals surface area contributed by atoms with Crippen LogP contribution in [0.15, 0.2) is 42.5 Å². The first-order valence-corrected chi connectivity index (χ1v) is 10.2. The number of aromatic nitrogens is 1. The molecule has 1 heterocycles. The number of carbonyl (C=O) groups excluding carboxylic acids is 2. The van der Waals surface area contributed by atoms with Crippen molar-refractivity contribution in [1.82, 2.24) is 9.88 Å². The molecule has 10 heteroatoms. The van der Waals surface area contributed by atoms with Gasteiger partial charge in [-0.15, -0.1) is 0 Å². The molecular weight excluding hydrogens is 468 g/mol. The molecule has 0 aliphatic rings. The number of fused-ring (bicyclic) bond motifs is 1. The molecule has 1 aromatic heterocycles. The summed E-state index contributed by atoms with van der Waals surface area (Å²) in [7, 11) is 1.36. The van der Waals surface area contributed by atoms with Gasteiger partial charge in [0.1, 0.15) is 6.54 Å². The fraction of sp³-hybridized carbons (Fsp3) is 0.227. The molecule has 168 valence electrons. The summed E-state index contributed by atoms with van der Waals surface area (Å²) in [5, 5.41) is 0.449. The normalized spacial score (nSPS) is 11.5. The van der Waals surface area contributed by atoms with Gasteiger partial charge in [-0.1, -0.05) is 41.4 Å². The standard InChI is InChI=1S/C22H17Cl2F3N2O3/c1-3-32-19(30)11-29(2)21(31)14-10-18(12-7-8-16(23)17(24)9-12)28-20-13(14)5-4-6-15(20)22(25,26)27/h4-10H,3,11H2,1-2H3. The Morgan fingerprint density at radius 2 is 1.81 bits per heavy atom. The van der Waals surface area contributed by atoms with Crippen LogP contribution in [0.1, 0.15) is 22.8 Å². The third-order valence-electron chi connectivity index (χ3n) is 4.61. The van der Waals surface area contributed by atoms with Gasteiger partial charge < -0.3 is 9.64 Å². The lowest BCUT2D eigenvalue weighted by atomic mass is 10.0. The van der Waals surface area contributed by atoms with Gasteiger partial charge in [0.05, 0.1) is 39.0 Å². The second kappa shape index (κ2) is 9.34. The Bertz CT molecular complexity index is 1200. The van der Waals surface area contributed by atoms with E-state index < -0.39 is 29.1 Å². The van der Waals surface area contributed by atoms with Gasteiger partial charge >= 0.3 is 12.1 Å². The third kappa shape index (κ3) is 4.97. The molecule has 0 unspecified atom stereocenters. The summed E-state index contributed by atoms with van der Waals surface area (Å²) in [5.74, 6) is -1.30. The molecule has 5 nitrogen and oxygen atoms in total. The highest BCUT2D eigenvalue weighted by Crippen LogP contribution is 2.37. The number of esters is 1. The van der Waals surface area contributed by atoms with Crippen LogP contribution in [0.4, 0.5) is 13.2 Å². The summed E-state index contributed by atoms with van der Waals surface area (Å²) in [6.45, 7) is 1.39. The van der Waals surface area contributed by atoms with Gasteiger partial charge in [0.15, 0.2) is 0 Å². The minimum Gasteiger partial charge on any atom is -0.465 e. The smallest absolute Gasteiger partial charge is 0.418 e. The lowest BCUT2D eigenvalue weighted by Crippen LogP contribution is -2.33. The van der Waals surface area contributed by atoms with Gasteiger partial charge in [-0.25, -0.2) is 4.98 Å². The average molecular weight is 485 g/mol. The Morgan fingerprint density at radius 1 is 1.09 bits per heavy atom. The van der Waals surface area contributed by atoms with Gasteiger partial charge in [-0.3, -0.25) is 9.59 Å². The van der Waals surface area contributed by atoms with Crippen molar-refractivity contribution >= 4 is 46.0 Å². The second-order valence-electron chi connectivity index (χ2n) is 6.85. The first-order chi connectivity index (χ1) is 15.0. The molecular formula is C22H17Cl2F3N2O3. The maximum Gasteiger partial charge on any atom is 0.418 e. The van der Waals surface area contributed by atoms with Crippen molar-refractivity contribution in [2.75, 3.05) is 20.2 Å². The topological polar surface area (TPSA) is 59.5 Å². The zero-order valence-corrected chi connectivity index (χ0v) is 18.5. The fourth-order valence-corrected chi connectivity index (χ4v) is 3.43. The minimum absolute atomic E-state index is 0.00402. The van der Waals surface area contributed by atoms with Crippen molar-refractivity contribution in [2.24, 2.45) is 0 Å². The van der Waals surface area contributed by atoms with E-state index in [9.17, 15) is 22.8 Å². The monoisotopic (exact) mass is 484 g/mol. The SMILES string of the molecule is CCOC(=O)CN(C)C(=O)c1cc(-c2ccc(Cl)c(Cl)c2)nc2c(C(F)(F)F)cccc12. The number of likely N-dealkylation sites (N-methyl/N-ethyl adjacent to an activating group) is 1. The number of hydrogen-bond acceptors (Lipinski definition) is 4. The van der Waals surface area contributed by atoms with E-state index in [1.165, 1.54) is 43.4 Å². The number of alkyl halides is 3. The molecule has 3 rings (SSSR count). The van der Waals surface area contributed by atoms with Gasteiger partial charge in [-0.2, -0.15) is 13.2 Å². The highest BCUT2D eigenvalue weighted by molar-refractivity contribution is 6.42. The number of nitrogens with zero attached hydrogens (tertiary/aromatic N) is 2. The van der Waals surface area contributed by atoms with Crippen LogP contribution in [-0.2, 0) is 15.7 Å². The van der Waals surface area contributed by atoms with Gasteiger partial charge in [0.2, 0.25) is 0 Å². The van der Waals surface area contributed by atoms with Gasteiger partial charge in [0, 0.05) is 18.0 Å². The molecule has 32 heavy (non-hydrogen) atoms. The molecule has 0 fully saturated rings. The molecule has 0 atom stereocenters. The van der Waals surface area contributed by atoms with Crippen LogP contribution in [0.3, 0.4) is 0 Å². The highest BCUT2D eigenvalue weighted by atomic mass is 35.5. The van der Waals surface area contributed by atoms with Crippen LogP contribution in [0.25, 0.3) is 22.2 Å². The molecule has 0 saturated heterocycles. The predicted molar refractivity (Wildman–Crippen MR) is 116 cm³/mol. The van der Waals surface area contributed by atoms with E-state index in [0.717, 1.165) is 11.0 Å². The largest absolute Gasteiger partial charge is 0.465 e. The van der Waals surface area contributed by atoms with Crippen LogP contribution in [-0.4, -0.2) is 42.0 Å². The van der Waals surface area contributed by atoms with Gasteiger partial charge in [-0.05, 0) is 31.2 Å². The van der Waals surface area contributed by atoms with E-state index in [-0.39, 0.29) is 39.8 Å². The Labute approximate surface area is 191 Å². The summed E-state index contributed by atoms with van der Waals surface area (Å²) >= 11 is 12.0. The Hall–Kier alpha value is -2.84. The first-order valence-electron chi connectivity index (χ1n) is 9.40. The van der Waals surface area contributed by atoms with Crippen molar-refractivity contribution < 1.29 is 27.5 Å². The zero-order chi connectivity index (χ0) is 23.6. The summed E-state index contributed by atoms with van der Waals surface area (Å²) in [4.78, 5) is 30.2. The minimum atomic E-state index is -4.69. The summed E-state index contributed by atoms with van der Waals surface area (Å²) in [5.41, 5.74) is -0.953. The number of hydrogen-bond donors (Lipinski definition) is 0. The van der Waals surface area contributed by atoms with Crippen LogP contribution in [0.2, 0.25) is 10.0 Å². The van der Waals surface area contributed by atoms with E-state index in [0.29, 0.717) is 5.56 Å². The molecule has 2 aromatic carbocycles. The fourth-order valence-electron chi connectivity index (χ4n) is 3.14. The molecule has 0 N–H and O–H groups in total. The molecule has 1 amide bonds. The van der Waals surface area contributed by atoms with Crippen LogP contribution in [0.5, 0.6) is 0 Å². The number of halogens is 5. The van der Waals surface area contributed by atoms with E-state index in [1.54, 1.807) is 6.92 Å². The van der Waals surface area contributed by atoms with Crippen molar-refractivity contribution in [1.29, 1.82) is 0 Å². The van der Waals surface area contributed by atoms with E-state index in [1.807, 2.05) is 0 Å². The maximum absolute atomic E-state index is 13.7. The van der Waals surface area contributed by atoms with Gasteiger partial charge in [0.25, 0.3) is 5.91 Å². The molecule has 0 radical (unpaired) electrons. The number of ether oxygens (including phenoxy) is 1. The van der Waals surface area contributed by atoms with Crippen molar-refractivity contribution in [3.63, 3.8) is 0 Å². The molecule has 0 aliphatic carbocycles. The lowest BCUT2D eigenvalue weighted by Gasteiger charge is -2.19. The van der Waals surface area contributed by atoms with E-state index in [2.05, 4.69) is 4.98 Å². The number of rotatable bonds is 5. The summed E-state index contributed by atoms with van der Waals surface area (Å²) < 4.78 is 45.9. The van der Waals surface area contributed by atoms with E-state index in [4.69, 9.17) is 27.9 Å². The first kappa shape index (κ1) is 23.8. The number of carbonyl (C=O) groups is 2. The Balaban J connectivity index is 2.23. The molecule has 0 saturated carbocycles. The third-order valence-corrected chi connectivity index (χ3v) is 5.35. The zero-order valence-electron chi connectivity index (χ0n) is 17.0. The summed E-state index contributed by atoms with van der Waals surface area (Å²) in [6.07, 6.45) is -4.69. The highest BCUT2D eigenvalue weighted by Gasteiger charge is 2.34. The van der Waals surface area contributed by atoms with Crippen LogP contribution < -0.4 is 0 Å². The Morgan fingerprint density at radius 3 is 2.44 bits per heavy atom. The Kier molecular flexibility index (Phi) is 6.95. The maximum atomic E-state index is 13.7. The molecule has 0 bridgehead atoms. The lowest BCUT2D eigenvalue weighted by molar-refractivity contribution is -0.143. The molecule has 3 aromatic rings. The second-order valence-corrected chi connectivity index (χ2v) is 7.66. The number of benzene rings is 2. The van der Waals surface area contributed by atoms with Crippen LogP contribution >= 0.6 is 23.2 Å². The summed E-state index contributed by atoms with van der Waals surface area (Å²) in [6, 6.07) is 9.31. The van der Waals surface area contributed by atoms with Crippen molar-refractivity contribution in [3.05, 3.63) is 63.6 Å². The average Bonchev–Trinajstić information content (AvgIpc) is 2.73. The number of para-hydroxylation sites is 1. The molecule has 0 aliphatic heterocycles. The number of amides is 1. The molecule has 0 spiro atoms.